The summed E-state index contributed by atoms with van der Waals surface area (Å²) in [5.74, 6) is -1.24. The zero-order valence-electron chi connectivity index (χ0n) is 11.1. The molecule has 1 N–H and O–H groups in total. The zero-order valence-corrected chi connectivity index (χ0v) is 12.7. The Labute approximate surface area is 130 Å². The molecular formula is C14H9BrF3NO3. The second kappa shape index (κ2) is 5.60. The zero-order chi connectivity index (χ0) is 16.7. The quantitative estimate of drug-likeness (QED) is 0.871. The summed E-state index contributed by atoms with van der Waals surface area (Å²) in [4.78, 5) is 23.3. The van der Waals surface area contributed by atoms with Crippen LogP contribution in [-0.4, -0.2) is 15.6 Å². The summed E-state index contributed by atoms with van der Waals surface area (Å²) in [5, 5.41) is 9.12. The molecule has 0 saturated heterocycles. The topological polar surface area (TPSA) is 59.3 Å². The molecule has 2 aromatic rings. The van der Waals surface area contributed by atoms with Gasteiger partial charge in [-0.2, -0.15) is 13.2 Å². The average Bonchev–Trinajstić information content (AvgIpc) is 2.42. The Morgan fingerprint density at radius 3 is 2.23 bits per heavy atom. The van der Waals surface area contributed by atoms with Gasteiger partial charge in [0.2, 0.25) is 0 Å². The molecular weight excluding hydrogens is 367 g/mol. The molecule has 8 heteroatoms. The van der Waals surface area contributed by atoms with Crippen LogP contribution in [0, 0.1) is 6.92 Å². The van der Waals surface area contributed by atoms with E-state index in [0.29, 0.717) is 0 Å². The molecule has 2 rings (SSSR count). The number of benzene rings is 1. The van der Waals surface area contributed by atoms with E-state index >= 15 is 0 Å². The number of halogens is 4. The number of carboxylic acids is 1. The van der Waals surface area contributed by atoms with E-state index in [2.05, 4.69) is 15.9 Å². The van der Waals surface area contributed by atoms with Crippen LogP contribution in [0.4, 0.5) is 13.2 Å². The van der Waals surface area contributed by atoms with E-state index in [4.69, 9.17) is 5.11 Å². The van der Waals surface area contributed by atoms with E-state index in [-0.39, 0.29) is 21.4 Å². The van der Waals surface area contributed by atoms with Crippen molar-refractivity contribution in [2.24, 2.45) is 0 Å². The van der Waals surface area contributed by atoms with Crippen LogP contribution in [0.25, 0.3) is 5.69 Å². The first-order valence-electron chi connectivity index (χ1n) is 5.96. The normalized spacial score (nSPS) is 11.5. The van der Waals surface area contributed by atoms with E-state index in [1.165, 1.54) is 13.0 Å². The van der Waals surface area contributed by atoms with Crippen LogP contribution < -0.4 is 5.56 Å². The largest absolute Gasteiger partial charge is 0.478 e. The fraction of sp³-hybridized carbons (Fsp3) is 0.143. The molecule has 0 bridgehead atoms. The minimum atomic E-state index is -4.48. The molecule has 0 fully saturated rings. The van der Waals surface area contributed by atoms with Crippen LogP contribution in [-0.2, 0) is 6.18 Å². The SMILES string of the molecule is Cc1c(C(=O)O)cc(Br)c(=O)n1-c1ccc(C(F)(F)F)cc1. The molecule has 22 heavy (non-hydrogen) atoms. The number of rotatable bonds is 2. The lowest BCUT2D eigenvalue weighted by molar-refractivity contribution is -0.137. The average molecular weight is 376 g/mol. The van der Waals surface area contributed by atoms with Gasteiger partial charge in [0.15, 0.2) is 0 Å². The number of pyridine rings is 1. The highest BCUT2D eigenvalue weighted by Gasteiger charge is 2.30. The van der Waals surface area contributed by atoms with Gasteiger partial charge in [-0.25, -0.2) is 4.79 Å². The minimum absolute atomic E-state index is 0.00963. The van der Waals surface area contributed by atoms with Crippen molar-refractivity contribution >= 4 is 21.9 Å². The predicted molar refractivity (Wildman–Crippen MR) is 76.4 cm³/mol. The van der Waals surface area contributed by atoms with Crippen LogP contribution in [0.5, 0.6) is 0 Å². The number of carbonyl (C=O) groups is 1. The van der Waals surface area contributed by atoms with Crippen molar-refractivity contribution < 1.29 is 23.1 Å². The monoisotopic (exact) mass is 375 g/mol. The molecule has 0 unspecified atom stereocenters. The highest BCUT2D eigenvalue weighted by Crippen LogP contribution is 2.29. The maximum atomic E-state index is 12.6. The first-order chi connectivity index (χ1) is 10.1. The molecule has 116 valence electrons. The van der Waals surface area contributed by atoms with Crippen LogP contribution in [0.1, 0.15) is 21.6 Å². The highest BCUT2D eigenvalue weighted by molar-refractivity contribution is 9.10. The molecule has 1 aromatic heterocycles. The van der Waals surface area contributed by atoms with Crippen molar-refractivity contribution in [1.29, 1.82) is 0 Å². The number of hydrogen-bond acceptors (Lipinski definition) is 2. The molecule has 0 spiro atoms. The molecule has 1 aromatic carbocycles. The standard InChI is InChI=1S/C14H9BrF3NO3/c1-7-10(13(21)22)6-11(15)12(20)19(7)9-4-2-8(3-5-9)14(16,17)18/h2-6H,1H3,(H,21,22). The fourth-order valence-corrected chi connectivity index (χ4v) is 2.41. The molecule has 1 heterocycles. The number of aromatic nitrogens is 1. The minimum Gasteiger partial charge on any atom is -0.478 e. The molecule has 0 atom stereocenters. The van der Waals surface area contributed by atoms with Gasteiger partial charge in [0.1, 0.15) is 0 Å². The fourth-order valence-electron chi connectivity index (χ4n) is 2.00. The Bertz CT molecular complexity index is 795. The van der Waals surface area contributed by atoms with Crippen molar-refractivity contribution in [3.05, 3.63) is 62.0 Å². The van der Waals surface area contributed by atoms with Gasteiger partial charge >= 0.3 is 12.1 Å². The van der Waals surface area contributed by atoms with E-state index in [1.807, 2.05) is 0 Å². The summed E-state index contributed by atoms with van der Waals surface area (Å²) in [5.41, 5.74) is -1.25. The number of aromatic carboxylic acids is 1. The predicted octanol–water partition coefficient (Wildman–Crippen LogP) is 3.63. The summed E-state index contributed by atoms with van der Waals surface area (Å²) in [6.45, 7) is 1.41. The van der Waals surface area contributed by atoms with Crippen LogP contribution in [0.2, 0.25) is 0 Å². The van der Waals surface area contributed by atoms with E-state index in [9.17, 15) is 22.8 Å². The molecule has 0 radical (unpaired) electrons. The molecule has 0 aliphatic rings. The van der Waals surface area contributed by atoms with Gasteiger partial charge in [0.25, 0.3) is 5.56 Å². The number of carboxylic acid groups (broad SMARTS) is 1. The maximum absolute atomic E-state index is 12.6. The van der Waals surface area contributed by atoms with E-state index in [1.54, 1.807) is 0 Å². The smallest absolute Gasteiger partial charge is 0.416 e. The Hall–Kier alpha value is -2.09. The first kappa shape index (κ1) is 16.3. The van der Waals surface area contributed by atoms with Gasteiger partial charge < -0.3 is 5.11 Å². The van der Waals surface area contributed by atoms with Crippen molar-refractivity contribution in [3.8, 4) is 5.69 Å². The summed E-state index contributed by atoms with van der Waals surface area (Å²) >= 11 is 2.97. The Balaban J connectivity index is 2.67. The maximum Gasteiger partial charge on any atom is 0.416 e. The lowest BCUT2D eigenvalue weighted by atomic mass is 10.1. The summed E-state index contributed by atoms with van der Waals surface area (Å²) in [7, 11) is 0. The third-order valence-electron chi connectivity index (χ3n) is 3.09. The lowest BCUT2D eigenvalue weighted by Gasteiger charge is -2.14. The first-order valence-corrected chi connectivity index (χ1v) is 6.75. The van der Waals surface area contributed by atoms with Gasteiger partial charge in [0, 0.05) is 11.4 Å². The van der Waals surface area contributed by atoms with Crippen LogP contribution >= 0.6 is 15.9 Å². The van der Waals surface area contributed by atoms with Crippen LogP contribution in [0.3, 0.4) is 0 Å². The molecule has 4 nitrogen and oxygen atoms in total. The Kier molecular flexibility index (Phi) is 4.15. The third kappa shape index (κ3) is 2.92. The van der Waals surface area contributed by atoms with Crippen molar-refractivity contribution in [1.82, 2.24) is 4.57 Å². The van der Waals surface area contributed by atoms with E-state index in [0.717, 1.165) is 28.8 Å². The van der Waals surface area contributed by atoms with Crippen LogP contribution in [0.15, 0.2) is 39.6 Å². The van der Waals surface area contributed by atoms with Crippen molar-refractivity contribution in [2.45, 2.75) is 13.1 Å². The van der Waals surface area contributed by atoms with E-state index < -0.39 is 23.3 Å². The molecule has 0 aliphatic heterocycles. The molecule has 0 amide bonds. The Morgan fingerprint density at radius 2 is 1.77 bits per heavy atom. The third-order valence-corrected chi connectivity index (χ3v) is 3.66. The van der Waals surface area contributed by atoms with Crippen molar-refractivity contribution in [2.75, 3.05) is 0 Å². The highest BCUT2D eigenvalue weighted by atomic mass is 79.9. The van der Waals surface area contributed by atoms with Crippen molar-refractivity contribution in [3.63, 3.8) is 0 Å². The number of nitrogens with zero attached hydrogens (tertiary/aromatic N) is 1. The molecule has 0 saturated carbocycles. The van der Waals surface area contributed by atoms with Gasteiger partial charge in [0.05, 0.1) is 15.6 Å². The number of hydrogen-bond donors (Lipinski definition) is 1. The summed E-state index contributed by atoms with van der Waals surface area (Å²) in [6.07, 6.45) is -4.48. The molecule has 0 aliphatic carbocycles. The van der Waals surface area contributed by atoms with Gasteiger partial charge in [-0.15, -0.1) is 0 Å². The summed E-state index contributed by atoms with van der Waals surface area (Å²) in [6, 6.07) is 5.08. The lowest BCUT2D eigenvalue weighted by Crippen LogP contribution is -2.24. The van der Waals surface area contributed by atoms with Gasteiger partial charge in [-0.05, 0) is 53.2 Å². The Morgan fingerprint density at radius 1 is 1.23 bits per heavy atom. The second-order valence-corrected chi connectivity index (χ2v) is 5.34. The number of alkyl halides is 3. The summed E-state index contributed by atoms with van der Waals surface area (Å²) < 4.78 is 38.7. The van der Waals surface area contributed by atoms with Gasteiger partial charge in [-0.1, -0.05) is 0 Å². The van der Waals surface area contributed by atoms with Gasteiger partial charge in [-0.3, -0.25) is 9.36 Å². The second-order valence-electron chi connectivity index (χ2n) is 4.48.